The second-order valence-electron chi connectivity index (χ2n) is 7.70. The van der Waals surface area contributed by atoms with E-state index >= 15 is 0 Å². The highest BCUT2D eigenvalue weighted by atomic mass is 16.5. The van der Waals surface area contributed by atoms with Crippen LogP contribution in [0.2, 0.25) is 0 Å². The zero-order valence-corrected chi connectivity index (χ0v) is 18.4. The van der Waals surface area contributed by atoms with E-state index in [9.17, 15) is 5.11 Å². The van der Waals surface area contributed by atoms with Crippen molar-refractivity contribution in [2.75, 3.05) is 66.6 Å². The van der Waals surface area contributed by atoms with Gasteiger partial charge in [-0.2, -0.15) is 0 Å². The lowest BCUT2D eigenvalue weighted by atomic mass is 10.00. The standard InChI is InChI=1S/C22H39N5O2/c1-4-23-22(24-11-14-26(2)12-7-15-29-3)25-16-21(28)18-27-13-10-19-8-5-6-9-20(19)17-27/h5-6,8-9,21,28H,4,7,10-18H2,1-3H3,(H2,23,24,25). The molecule has 1 atom stereocenters. The Morgan fingerprint density at radius 2 is 2.07 bits per heavy atom. The molecule has 0 aromatic heterocycles. The number of fused-ring (bicyclic) bond motifs is 1. The Morgan fingerprint density at radius 3 is 2.83 bits per heavy atom. The molecule has 0 aliphatic carbocycles. The number of aliphatic hydroxyl groups excluding tert-OH is 1. The summed E-state index contributed by atoms with van der Waals surface area (Å²) in [7, 11) is 3.85. The van der Waals surface area contributed by atoms with Crippen LogP contribution >= 0.6 is 0 Å². The lowest BCUT2D eigenvalue weighted by Crippen LogP contribution is -2.42. The maximum absolute atomic E-state index is 10.5. The fraction of sp³-hybridized carbons (Fsp3) is 0.682. The summed E-state index contributed by atoms with van der Waals surface area (Å²) in [6.45, 7) is 9.36. The number of guanidine groups is 1. The number of aliphatic hydroxyl groups is 1. The molecule has 1 aromatic rings. The fourth-order valence-electron chi connectivity index (χ4n) is 3.56. The van der Waals surface area contributed by atoms with Crippen molar-refractivity contribution >= 4 is 5.96 Å². The molecule has 0 fully saturated rings. The molecule has 7 heteroatoms. The minimum absolute atomic E-state index is 0.400. The number of nitrogens with zero attached hydrogens (tertiary/aromatic N) is 3. The highest BCUT2D eigenvalue weighted by molar-refractivity contribution is 5.79. The monoisotopic (exact) mass is 405 g/mol. The zero-order chi connectivity index (χ0) is 20.9. The average molecular weight is 406 g/mol. The number of β-amino-alcohol motifs (C(OH)–C–C–N with tert-alkyl or cyclic N) is 1. The predicted molar refractivity (Wildman–Crippen MR) is 119 cm³/mol. The third-order valence-corrected chi connectivity index (χ3v) is 5.16. The largest absolute Gasteiger partial charge is 0.390 e. The van der Waals surface area contributed by atoms with Crippen molar-refractivity contribution in [3.8, 4) is 0 Å². The Labute approximate surface area is 176 Å². The highest BCUT2D eigenvalue weighted by Gasteiger charge is 2.18. The van der Waals surface area contributed by atoms with Gasteiger partial charge in [0.1, 0.15) is 0 Å². The van der Waals surface area contributed by atoms with E-state index in [1.807, 2.05) is 0 Å². The number of aliphatic imine (C=N–C) groups is 1. The molecule has 0 bridgehead atoms. The summed E-state index contributed by atoms with van der Waals surface area (Å²) in [5.74, 6) is 0.765. The van der Waals surface area contributed by atoms with E-state index in [0.717, 1.165) is 64.7 Å². The van der Waals surface area contributed by atoms with Gasteiger partial charge in [0.15, 0.2) is 5.96 Å². The van der Waals surface area contributed by atoms with E-state index in [2.05, 4.69) is 63.7 Å². The quantitative estimate of drug-likeness (QED) is 0.273. The van der Waals surface area contributed by atoms with E-state index in [-0.39, 0.29) is 0 Å². The lowest BCUT2D eigenvalue weighted by Gasteiger charge is -2.30. The minimum atomic E-state index is -0.465. The molecule has 2 rings (SSSR count). The van der Waals surface area contributed by atoms with E-state index in [0.29, 0.717) is 13.1 Å². The molecule has 0 saturated heterocycles. The number of benzene rings is 1. The molecule has 3 N–H and O–H groups in total. The lowest BCUT2D eigenvalue weighted by molar-refractivity contribution is 0.111. The molecule has 29 heavy (non-hydrogen) atoms. The van der Waals surface area contributed by atoms with Crippen molar-refractivity contribution in [3.05, 3.63) is 35.4 Å². The molecule has 164 valence electrons. The molecular formula is C22H39N5O2. The predicted octanol–water partition coefficient (Wildman–Crippen LogP) is 0.929. The van der Waals surface area contributed by atoms with E-state index in [1.165, 1.54) is 11.1 Å². The molecule has 0 amide bonds. The number of likely N-dealkylation sites (N-methyl/N-ethyl adjacent to an activating group) is 1. The number of methoxy groups -OCH3 is 1. The summed E-state index contributed by atoms with van der Waals surface area (Å²) in [6, 6.07) is 8.58. The van der Waals surface area contributed by atoms with Crippen LogP contribution < -0.4 is 10.6 Å². The van der Waals surface area contributed by atoms with Gasteiger partial charge in [0.25, 0.3) is 0 Å². The van der Waals surface area contributed by atoms with Gasteiger partial charge >= 0.3 is 0 Å². The summed E-state index contributed by atoms with van der Waals surface area (Å²) in [6.07, 6.45) is 1.62. The van der Waals surface area contributed by atoms with Gasteiger partial charge in [0, 0.05) is 59.5 Å². The molecule has 1 aliphatic heterocycles. The molecule has 0 radical (unpaired) electrons. The van der Waals surface area contributed by atoms with Crippen molar-refractivity contribution < 1.29 is 9.84 Å². The Morgan fingerprint density at radius 1 is 1.28 bits per heavy atom. The molecule has 0 spiro atoms. The summed E-state index contributed by atoms with van der Waals surface area (Å²) < 4.78 is 5.09. The number of hydrogen-bond donors (Lipinski definition) is 3. The van der Waals surface area contributed by atoms with Gasteiger partial charge in [-0.15, -0.1) is 0 Å². The molecule has 0 saturated carbocycles. The van der Waals surface area contributed by atoms with Crippen LogP contribution in [0, 0.1) is 0 Å². The summed E-state index contributed by atoms with van der Waals surface area (Å²) >= 11 is 0. The average Bonchev–Trinajstić information content (AvgIpc) is 2.72. The van der Waals surface area contributed by atoms with Crippen LogP contribution in [0.4, 0.5) is 0 Å². The first-order valence-corrected chi connectivity index (χ1v) is 10.8. The summed E-state index contributed by atoms with van der Waals surface area (Å²) in [5.41, 5.74) is 2.81. The SMILES string of the molecule is CCNC(=NCC(O)CN1CCc2ccccc2C1)NCCN(C)CCCOC. The van der Waals surface area contributed by atoms with Crippen LogP contribution in [0.3, 0.4) is 0 Å². The van der Waals surface area contributed by atoms with Gasteiger partial charge in [0.2, 0.25) is 0 Å². The number of ether oxygens (including phenoxy) is 1. The van der Waals surface area contributed by atoms with Crippen LogP contribution in [0.15, 0.2) is 29.3 Å². The van der Waals surface area contributed by atoms with E-state index < -0.39 is 6.10 Å². The van der Waals surface area contributed by atoms with Crippen molar-refractivity contribution in [1.82, 2.24) is 20.4 Å². The van der Waals surface area contributed by atoms with Crippen LogP contribution in [-0.4, -0.2) is 93.5 Å². The molecule has 1 unspecified atom stereocenters. The van der Waals surface area contributed by atoms with E-state index in [4.69, 9.17) is 4.74 Å². The van der Waals surface area contributed by atoms with Crippen LogP contribution in [0.1, 0.15) is 24.5 Å². The Bertz CT molecular complexity index is 611. The maximum Gasteiger partial charge on any atom is 0.191 e. The van der Waals surface area contributed by atoms with E-state index in [1.54, 1.807) is 7.11 Å². The second-order valence-corrected chi connectivity index (χ2v) is 7.70. The third-order valence-electron chi connectivity index (χ3n) is 5.16. The van der Waals surface area contributed by atoms with Gasteiger partial charge < -0.3 is 25.4 Å². The highest BCUT2D eigenvalue weighted by Crippen LogP contribution is 2.18. The van der Waals surface area contributed by atoms with Gasteiger partial charge in [-0.05, 0) is 37.9 Å². The summed E-state index contributed by atoms with van der Waals surface area (Å²) in [5, 5.41) is 17.1. The topological polar surface area (TPSA) is 72.4 Å². The normalized spacial score (nSPS) is 16.0. The third kappa shape index (κ3) is 9.12. The van der Waals surface area contributed by atoms with Crippen LogP contribution in [-0.2, 0) is 17.7 Å². The fourth-order valence-corrected chi connectivity index (χ4v) is 3.56. The molecule has 1 heterocycles. The Kier molecular flexibility index (Phi) is 11.0. The van der Waals surface area contributed by atoms with Gasteiger partial charge in [-0.1, -0.05) is 24.3 Å². The molecule has 1 aromatic carbocycles. The van der Waals surface area contributed by atoms with Gasteiger partial charge in [-0.3, -0.25) is 9.89 Å². The zero-order valence-electron chi connectivity index (χ0n) is 18.4. The van der Waals surface area contributed by atoms with Crippen molar-refractivity contribution in [1.29, 1.82) is 0 Å². The maximum atomic E-state index is 10.5. The van der Waals surface area contributed by atoms with Crippen molar-refractivity contribution in [3.63, 3.8) is 0 Å². The summed E-state index contributed by atoms with van der Waals surface area (Å²) in [4.78, 5) is 9.17. The van der Waals surface area contributed by atoms with Gasteiger partial charge in [-0.25, -0.2) is 0 Å². The Hall–Kier alpha value is -1.67. The van der Waals surface area contributed by atoms with Gasteiger partial charge in [0.05, 0.1) is 12.6 Å². The minimum Gasteiger partial charge on any atom is -0.390 e. The van der Waals surface area contributed by atoms with Crippen molar-refractivity contribution in [2.45, 2.75) is 32.4 Å². The number of hydrogen-bond acceptors (Lipinski definition) is 5. The first kappa shape index (κ1) is 23.6. The molecular weight excluding hydrogens is 366 g/mol. The number of nitrogens with one attached hydrogen (secondary N) is 2. The molecule has 7 nitrogen and oxygen atoms in total. The molecule has 1 aliphatic rings. The first-order valence-electron chi connectivity index (χ1n) is 10.8. The Balaban J connectivity index is 1.71. The smallest absolute Gasteiger partial charge is 0.191 e. The van der Waals surface area contributed by atoms with Crippen LogP contribution in [0.25, 0.3) is 0 Å². The van der Waals surface area contributed by atoms with Crippen LogP contribution in [0.5, 0.6) is 0 Å². The first-order chi connectivity index (χ1) is 14.1. The number of rotatable bonds is 12. The van der Waals surface area contributed by atoms with Crippen molar-refractivity contribution in [2.24, 2.45) is 4.99 Å². The second kappa shape index (κ2) is 13.5.